The number of carbonyl (C=O) groups is 1. The second-order valence-corrected chi connectivity index (χ2v) is 7.36. The molecule has 8 heteroatoms. The average Bonchev–Trinajstić information content (AvgIpc) is 3.42. The highest BCUT2D eigenvalue weighted by Gasteiger charge is 2.17. The zero-order valence-corrected chi connectivity index (χ0v) is 16.3. The molecule has 0 aliphatic heterocycles. The van der Waals surface area contributed by atoms with Crippen molar-refractivity contribution in [1.82, 2.24) is 19.9 Å². The molecular weight excluding hydrogens is 401 g/mol. The number of fused-ring (bicyclic) bond motifs is 1. The summed E-state index contributed by atoms with van der Waals surface area (Å²) >= 11 is 1.35. The number of thiazole rings is 1. The minimum Gasteiger partial charge on any atom is -0.323 e. The van der Waals surface area contributed by atoms with E-state index in [0.717, 1.165) is 11.3 Å². The molecule has 0 atom stereocenters. The van der Waals surface area contributed by atoms with Crippen molar-refractivity contribution in [3.63, 3.8) is 0 Å². The lowest BCUT2D eigenvalue weighted by Gasteiger charge is -2.02. The molecular formula is C22H14FN5OS. The summed E-state index contributed by atoms with van der Waals surface area (Å²) in [5.74, 6) is -0.141. The Hall–Kier alpha value is -3.91. The predicted octanol–water partition coefficient (Wildman–Crippen LogP) is 5.14. The van der Waals surface area contributed by atoms with Gasteiger partial charge in [0, 0.05) is 22.7 Å². The molecule has 6 nitrogen and oxygen atoms in total. The Morgan fingerprint density at radius 2 is 1.77 bits per heavy atom. The second kappa shape index (κ2) is 7.49. The average molecular weight is 415 g/mol. The van der Waals surface area contributed by atoms with Gasteiger partial charge in [0.15, 0.2) is 10.8 Å². The molecule has 0 fully saturated rings. The molecule has 0 saturated carbocycles. The van der Waals surface area contributed by atoms with Crippen LogP contribution in [0.2, 0.25) is 0 Å². The Labute approximate surface area is 174 Å². The fourth-order valence-corrected chi connectivity index (χ4v) is 3.79. The quantitative estimate of drug-likeness (QED) is 0.426. The smallest absolute Gasteiger partial charge is 0.259 e. The summed E-state index contributed by atoms with van der Waals surface area (Å²) in [7, 11) is 0. The van der Waals surface area contributed by atoms with Gasteiger partial charge in [-0.15, -0.1) is 11.3 Å². The highest BCUT2D eigenvalue weighted by atomic mass is 32.1. The standard InChI is InChI=1S/C22H14FN5OS/c23-15-8-6-14(7-9-15)19-26-18-16(10-11-24-20(18)27-19)21(29)28-22-25-17(12-30-22)13-4-2-1-3-5-13/h1-12H,(H,24,26,27)(H,25,28,29). The number of rotatable bonds is 4. The topological polar surface area (TPSA) is 83.6 Å². The largest absolute Gasteiger partial charge is 0.323 e. The summed E-state index contributed by atoms with van der Waals surface area (Å²) in [4.78, 5) is 29.2. The van der Waals surface area contributed by atoms with Crippen molar-refractivity contribution in [2.45, 2.75) is 0 Å². The second-order valence-electron chi connectivity index (χ2n) is 6.51. The normalized spacial score (nSPS) is 11.0. The maximum Gasteiger partial charge on any atom is 0.259 e. The van der Waals surface area contributed by atoms with Crippen molar-refractivity contribution in [2.75, 3.05) is 5.32 Å². The van der Waals surface area contributed by atoms with Gasteiger partial charge in [-0.1, -0.05) is 30.3 Å². The molecule has 0 spiro atoms. The maximum atomic E-state index is 13.2. The summed E-state index contributed by atoms with van der Waals surface area (Å²) in [5, 5.41) is 5.23. The van der Waals surface area contributed by atoms with Crippen LogP contribution in [0, 0.1) is 5.82 Å². The first-order chi connectivity index (χ1) is 14.7. The van der Waals surface area contributed by atoms with Crippen LogP contribution in [0.15, 0.2) is 72.2 Å². The number of hydrogen-bond acceptors (Lipinski definition) is 5. The number of carbonyl (C=O) groups excluding carboxylic acids is 1. The lowest BCUT2D eigenvalue weighted by Crippen LogP contribution is -2.12. The predicted molar refractivity (Wildman–Crippen MR) is 115 cm³/mol. The van der Waals surface area contributed by atoms with Crippen LogP contribution in [0.5, 0.6) is 0 Å². The number of imidazole rings is 1. The first-order valence-corrected chi connectivity index (χ1v) is 9.98. The molecule has 3 aromatic heterocycles. The molecule has 0 bridgehead atoms. The molecule has 2 aromatic carbocycles. The van der Waals surface area contributed by atoms with Crippen molar-refractivity contribution in [3.05, 3.63) is 83.6 Å². The number of hydrogen-bond donors (Lipinski definition) is 2. The Morgan fingerprint density at radius 1 is 0.967 bits per heavy atom. The van der Waals surface area contributed by atoms with Crippen LogP contribution >= 0.6 is 11.3 Å². The van der Waals surface area contributed by atoms with Gasteiger partial charge >= 0.3 is 0 Å². The van der Waals surface area contributed by atoms with E-state index in [4.69, 9.17) is 0 Å². The molecule has 2 N–H and O–H groups in total. The number of pyridine rings is 1. The Bertz CT molecular complexity index is 1350. The van der Waals surface area contributed by atoms with Gasteiger partial charge in [0.1, 0.15) is 17.2 Å². The van der Waals surface area contributed by atoms with Crippen molar-refractivity contribution in [1.29, 1.82) is 0 Å². The number of anilines is 1. The van der Waals surface area contributed by atoms with Crippen molar-refractivity contribution < 1.29 is 9.18 Å². The lowest BCUT2D eigenvalue weighted by molar-refractivity contribution is 0.102. The highest BCUT2D eigenvalue weighted by molar-refractivity contribution is 7.14. The summed E-state index contributed by atoms with van der Waals surface area (Å²) in [6, 6.07) is 17.3. The maximum absolute atomic E-state index is 13.2. The molecule has 3 heterocycles. The molecule has 146 valence electrons. The SMILES string of the molecule is O=C(Nc1nc(-c2ccccc2)cs1)c1ccnc2[nH]c(-c3ccc(F)cc3)nc12. The fraction of sp³-hybridized carbons (Fsp3) is 0. The molecule has 5 aromatic rings. The number of halogens is 1. The van der Waals surface area contributed by atoms with Crippen LogP contribution in [-0.4, -0.2) is 25.8 Å². The van der Waals surface area contributed by atoms with Gasteiger partial charge in [-0.25, -0.2) is 19.3 Å². The molecule has 0 radical (unpaired) electrons. The van der Waals surface area contributed by atoms with Gasteiger partial charge in [0.2, 0.25) is 0 Å². The molecule has 0 saturated heterocycles. The Morgan fingerprint density at radius 3 is 2.57 bits per heavy atom. The van der Waals surface area contributed by atoms with Crippen molar-refractivity contribution >= 4 is 33.5 Å². The highest BCUT2D eigenvalue weighted by Crippen LogP contribution is 2.26. The molecule has 30 heavy (non-hydrogen) atoms. The first-order valence-electron chi connectivity index (χ1n) is 9.10. The molecule has 1 amide bonds. The van der Waals surface area contributed by atoms with Crippen LogP contribution in [0.1, 0.15) is 10.4 Å². The number of aromatic nitrogens is 4. The number of aromatic amines is 1. The van der Waals surface area contributed by atoms with Crippen LogP contribution in [0.25, 0.3) is 33.8 Å². The van der Waals surface area contributed by atoms with Gasteiger partial charge in [0.05, 0.1) is 11.3 Å². The number of H-pyrrole nitrogens is 1. The molecule has 0 unspecified atom stereocenters. The van der Waals surface area contributed by atoms with E-state index in [1.807, 2.05) is 35.7 Å². The fourth-order valence-electron chi connectivity index (χ4n) is 3.08. The van der Waals surface area contributed by atoms with Crippen LogP contribution in [0.3, 0.4) is 0 Å². The first kappa shape index (κ1) is 18.1. The van der Waals surface area contributed by atoms with E-state index in [1.165, 1.54) is 23.5 Å². The molecule has 5 rings (SSSR count). The van der Waals surface area contributed by atoms with E-state index >= 15 is 0 Å². The van der Waals surface area contributed by atoms with Gasteiger partial charge < -0.3 is 4.98 Å². The summed E-state index contributed by atoms with van der Waals surface area (Å²) in [6.45, 7) is 0. The Balaban J connectivity index is 1.44. The van der Waals surface area contributed by atoms with Gasteiger partial charge in [-0.3, -0.25) is 10.1 Å². The Kier molecular flexibility index (Phi) is 4.53. The summed E-state index contributed by atoms with van der Waals surface area (Å²) in [6.07, 6.45) is 1.54. The van der Waals surface area contributed by atoms with E-state index in [1.54, 1.807) is 24.4 Å². The lowest BCUT2D eigenvalue weighted by atomic mass is 10.2. The number of benzene rings is 2. The van der Waals surface area contributed by atoms with E-state index in [2.05, 4.69) is 25.3 Å². The van der Waals surface area contributed by atoms with Gasteiger partial charge in [0.25, 0.3) is 5.91 Å². The summed E-state index contributed by atoms with van der Waals surface area (Å²) < 4.78 is 13.2. The van der Waals surface area contributed by atoms with Crippen molar-refractivity contribution in [2.24, 2.45) is 0 Å². The number of amides is 1. The van der Waals surface area contributed by atoms with E-state index in [9.17, 15) is 9.18 Å². The zero-order valence-electron chi connectivity index (χ0n) is 15.5. The van der Waals surface area contributed by atoms with Crippen LogP contribution < -0.4 is 5.32 Å². The van der Waals surface area contributed by atoms with Crippen LogP contribution in [-0.2, 0) is 0 Å². The van der Waals surface area contributed by atoms with E-state index < -0.39 is 0 Å². The van der Waals surface area contributed by atoms with Gasteiger partial charge in [-0.05, 0) is 30.3 Å². The monoisotopic (exact) mass is 415 g/mol. The zero-order chi connectivity index (χ0) is 20.5. The third kappa shape index (κ3) is 3.44. The van der Waals surface area contributed by atoms with Crippen LogP contribution in [0.4, 0.5) is 9.52 Å². The third-order valence-corrected chi connectivity index (χ3v) is 5.30. The van der Waals surface area contributed by atoms with E-state index in [0.29, 0.717) is 33.2 Å². The minimum absolute atomic E-state index is 0.325. The van der Waals surface area contributed by atoms with Gasteiger partial charge in [-0.2, -0.15) is 0 Å². The minimum atomic E-state index is -0.327. The number of nitrogens with zero attached hydrogens (tertiary/aromatic N) is 3. The number of nitrogens with one attached hydrogen (secondary N) is 2. The molecule has 0 aliphatic rings. The summed E-state index contributed by atoms with van der Waals surface area (Å²) in [5.41, 5.74) is 3.78. The van der Waals surface area contributed by atoms with E-state index in [-0.39, 0.29) is 11.7 Å². The molecule has 0 aliphatic carbocycles. The third-order valence-electron chi connectivity index (χ3n) is 4.54. The van der Waals surface area contributed by atoms with Crippen molar-refractivity contribution in [3.8, 4) is 22.6 Å².